The molecule has 4 heterocycles. The maximum Gasteiger partial charge on any atom is 0.314 e. The van der Waals surface area contributed by atoms with E-state index < -0.39 is 101 Å². The molecule has 0 saturated carbocycles. The van der Waals surface area contributed by atoms with E-state index in [2.05, 4.69) is 15.6 Å². The third kappa shape index (κ3) is 10.4. The molecule has 17 nitrogen and oxygen atoms in total. The van der Waals surface area contributed by atoms with Crippen molar-refractivity contribution in [2.45, 2.75) is 101 Å². The Morgan fingerprint density at radius 2 is 1.59 bits per heavy atom. The number of rotatable bonds is 7. The van der Waals surface area contributed by atoms with Gasteiger partial charge in [-0.15, -0.1) is 0 Å². The van der Waals surface area contributed by atoms with Crippen LogP contribution < -0.4 is 15.5 Å². The first kappa shape index (κ1) is 45.9. The van der Waals surface area contributed by atoms with Crippen LogP contribution in [0.1, 0.15) is 79.9 Å². The number of nitrogens with zero attached hydrogens (tertiary/aromatic N) is 5. The van der Waals surface area contributed by atoms with Crippen molar-refractivity contribution in [3.8, 4) is 5.75 Å². The van der Waals surface area contributed by atoms with Gasteiger partial charge in [-0.05, 0) is 61.6 Å². The molecule has 17 heteroatoms. The highest BCUT2D eigenvalue weighted by Gasteiger charge is 2.45. The molecule has 5 amide bonds. The van der Waals surface area contributed by atoms with Crippen molar-refractivity contribution < 1.29 is 48.2 Å². The first-order valence-electron chi connectivity index (χ1n) is 21.3. The summed E-state index contributed by atoms with van der Waals surface area (Å²) in [5.41, 5.74) is 1.60. The molecule has 0 bridgehead atoms. The molecule has 334 valence electrons. The largest absolute Gasteiger partial charge is 0.505 e. The van der Waals surface area contributed by atoms with E-state index in [1.54, 1.807) is 37.3 Å². The number of aromatic hydroxyl groups is 1. The standard InChI is InChI=1S/C46H55N7O10/c1-6-33-43(59)52-22-11-14-34(52)44(60)51(5)36(24-28-16-18-30(19-17-28)50(3)4)45(61)53-23-20-31(54)25-35(53)38(56)26-32(29-12-8-7-9-13-29)46(62)63-27(2)39(41(57)48-33)49-42(58)40-37(55)15-10-21-47-40/h7-10,12-13,15-19,21,27,32-36,39,55H,6,11,14,20,22-26H2,1-5H3,(H,48,57)(H,49,58)/t27-,32+,33-,34?,35+,36+,39+/m1/s1. The van der Waals surface area contributed by atoms with E-state index in [9.17, 15) is 43.5 Å². The van der Waals surface area contributed by atoms with Gasteiger partial charge in [0.2, 0.25) is 23.6 Å². The Balaban J connectivity index is 1.44. The minimum absolute atomic E-state index is 0.0210. The molecule has 3 aromatic rings. The number of Topliss-reactive ketones (excluding diaryl/α,β-unsaturated/α-hetero) is 2. The van der Waals surface area contributed by atoms with E-state index in [-0.39, 0.29) is 51.0 Å². The zero-order chi connectivity index (χ0) is 45.5. The first-order chi connectivity index (χ1) is 30.1. The minimum Gasteiger partial charge on any atom is -0.505 e. The van der Waals surface area contributed by atoms with Crippen LogP contribution in [0.15, 0.2) is 72.9 Å². The lowest BCUT2D eigenvalue weighted by Crippen LogP contribution is -2.61. The number of hydrogen-bond acceptors (Lipinski definition) is 12. The van der Waals surface area contributed by atoms with E-state index >= 15 is 0 Å². The lowest BCUT2D eigenvalue weighted by Gasteiger charge is -2.40. The number of amides is 5. The fourth-order valence-electron chi connectivity index (χ4n) is 8.46. The van der Waals surface area contributed by atoms with Gasteiger partial charge in [-0.25, -0.2) is 4.98 Å². The third-order valence-electron chi connectivity index (χ3n) is 12.1. The molecule has 3 aliphatic rings. The van der Waals surface area contributed by atoms with Gasteiger partial charge in [0.15, 0.2) is 11.5 Å². The summed E-state index contributed by atoms with van der Waals surface area (Å²) in [5, 5.41) is 15.6. The normalized spacial score (nSPS) is 25.6. The van der Waals surface area contributed by atoms with Gasteiger partial charge in [0.25, 0.3) is 5.91 Å². The van der Waals surface area contributed by atoms with E-state index in [4.69, 9.17) is 4.74 Å². The number of pyridine rings is 1. The van der Waals surface area contributed by atoms with Crippen LogP contribution >= 0.6 is 0 Å². The van der Waals surface area contributed by atoms with E-state index in [0.29, 0.717) is 12.0 Å². The molecule has 6 rings (SSSR count). The molecule has 3 saturated heterocycles. The summed E-state index contributed by atoms with van der Waals surface area (Å²) in [7, 11) is 5.28. The molecule has 0 spiro atoms. The van der Waals surface area contributed by atoms with Crippen LogP contribution in [0.4, 0.5) is 5.69 Å². The summed E-state index contributed by atoms with van der Waals surface area (Å²) in [6.45, 7) is 3.10. The van der Waals surface area contributed by atoms with Crippen molar-refractivity contribution in [1.29, 1.82) is 0 Å². The highest BCUT2D eigenvalue weighted by Crippen LogP contribution is 2.29. The van der Waals surface area contributed by atoms with Crippen LogP contribution in [-0.4, -0.2) is 142 Å². The predicted molar refractivity (Wildman–Crippen MR) is 229 cm³/mol. The van der Waals surface area contributed by atoms with Gasteiger partial charge in [0, 0.05) is 71.8 Å². The number of carbonyl (C=O) groups excluding carboxylic acids is 8. The van der Waals surface area contributed by atoms with E-state index in [0.717, 1.165) is 11.3 Å². The summed E-state index contributed by atoms with van der Waals surface area (Å²) < 4.78 is 5.91. The van der Waals surface area contributed by atoms with Gasteiger partial charge in [0.1, 0.15) is 41.8 Å². The molecular weight excluding hydrogens is 811 g/mol. The Kier molecular flexibility index (Phi) is 14.6. The highest BCUT2D eigenvalue weighted by atomic mass is 16.5. The Hall–Kier alpha value is -6.65. The number of ether oxygens (including phenoxy) is 1. The van der Waals surface area contributed by atoms with Crippen LogP contribution in [0.2, 0.25) is 0 Å². The fraction of sp³-hybridized carbons (Fsp3) is 0.457. The number of hydrogen-bond donors (Lipinski definition) is 3. The number of aromatic nitrogens is 1. The minimum atomic E-state index is -1.65. The van der Waals surface area contributed by atoms with Crippen LogP contribution in [0.3, 0.4) is 0 Å². The fourth-order valence-corrected chi connectivity index (χ4v) is 8.46. The summed E-state index contributed by atoms with van der Waals surface area (Å²) in [6, 6.07) is 12.1. The number of piperidine rings is 1. The van der Waals surface area contributed by atoms with Crippen molar-refractivity contribution in [3.63, 3.8) is 0 Å². The summed E-state index contributed by atoms with van der Waals surface area (Å²) in [6.07, 6.45) is -0.141. The number of cyclic esters (lactones) is 1. The third-order valence-corrected chi connectivity index (χ3v) is 12.1. The van der Waals surface area contributed by atoms with Crippen LogP contribution in [0.25, 0.3) is 0 Å². The second-order valence-corrected chi connectivity index (χ2v) is 16.5. The predicted octanol–water partition coefficient (Wildman–Crippen LogP) is 2.16. The van der Waals surface area contributed by atoms with Crippen molar-refractivity contribution in [1.82, 2.24) is 30.3 Å². The molecule has 3 N–H and O–H groups in total. The van der Waals surface area contributed by atoms with Crippen LogP contribution in [0.5, 0.6) is 5.75 Å². The topological polar surface area (TPSA) is 216 Å². The molecule has 2 aromatic carbocycles. The van der Waals surface area contributed by atoms with Crippen molar-refractivity contribution in [2.75, 3.05) is 39.1 Å². The van der Waals surface area contributed by atoms with Crippen molar-refractivity contribution in [2.24, 2.45) is 0 Å². The van der Waals surface area contributed by atoms with Gasteiger partial charge in [-0.1, -0.05) is 49.4 Å². The maximum atomic E-state index is 15.0. The Bertz CT molecular complexity index is 2220. The molecule has 0 radical (unpaired) electrons. The van der Waals surface area contributed by atoms with E-state index in [1.165, 1.54) is 47.0 Å². The number of ketones is 2. The van der Waals surface area contributed by atoms with E-state index in [1.807, 2.05) is 43.3 Å². The second-order valence-electron chi connectivity index (χ2n) is 16.5. The SMILES string of the molecule is CC[C@H]1NC(=O)[C@@H](NC(=O)c2ncccc2O)[C@@H](C)OC(=O)[C@H](c2ccccc2)CC(=O)[C@@H]2CC(=O)CCN2C(=O)[C@H](Cc2ccc(N(C)C)cc2)N(C)C(=O)C2CCCN2C1=O. The van der Waals surface area contributed by atoms with Crippen molar-refractivity contribution >= 4 is 52.8 Å². The number of likely N-dealkylation sites (N-methyl/N-ethyl adjacent to an activating group) is 1. The van der Waals surface area contributed by atoms with Gasteiger partial charge < -0.3 is 40.1 Å². The van der Waals surface area contributed by atoms with Crippen LogP contribution in [0, 0.1) is 0 Å². The first-order valence-corrected chi connectivity index (χ1v) is 21.3. The molecule has 7 atom stereocenters. The molecule has 63 heavy (non-hydrogen) atoms. The number of anilines is 1. The number of carbonyl (C=O) groups is 8. The summed E-state index contributed by atoms with van der Waals surface area (Å²) in [5.74, 6) is -7.10. The average molecular weight is 866 g/mol. The van der Waals surface area contributed by atoms with Gasteiger partial charge in [-0.3, -0.25) is 38.4 Å². The van der Waals surface area contributed by atoms with Crippen molar-refractivity contribution in [3.05, 3.63) is 89.7 Å². The smallest absolute Gasteiger partial charge is 0.314 e. The summed E-state index contributed by atoms with van der Waals surface area (Å²) >= 11 is 0. The monoisotopic (exact) mass is 865 g/mol. The molecule has 1 unspecified atom stereocenters. The van der Waals surface area contributed by atoms with Gasteiger partial charge in [-0.2, -0.15) is 0 Å². The molecule has 1 aromatic heterocycles. The Labute approximate surface area is 366 Å². The van der Waals surface area contributed by atoms with Gasteiger partial charge in [0.05, 0.1) is 12.0 Å². The molecule has 3 fully saturated rings. The molecule has 3 aliphatic heterocycles. The lowest BCUT2D eigenvalue weighted by molar-refractivity contribution is -0.155. The zero-order valence-corrected chi connectivity index (χ0v) is 36.2. The number of fused-ring (bicyclic) bond motifs is 2. The number of esters is 1. The Morgan fingerprint density at radius 3 is 2.25 bits per heavy atom. The quantitative estimate of drug-likeness (QED) is 0.292. The second kappa shape index (κ2) is 20.0. The molecular formula is C46H55N7O10. The average Bonchev–Trinajstić information content (AvgIpc) is 3.77. The number of benzene rings is 2. The lowest BCUT2D eigenvalue weighted by atomic mass is 9.87. The van der Waals surface area contributed by atoms with Gasteiger partial charge >= 0.3 is 5.97 Å². The highest BCUT2D eigenvalue weighted by molar-refractivity contribution is 6.01. The molecule has 0 aliphatic carbocycles. The maximum absolute atomic E-state index is 15.0. The summed E-state index contributed by atoms with van der Waals surface area (Å²) in [4.78, 5) is 124. The Morgan fingerprint density at radius 1 is 0.889 bits per heavy atom. The zero-order valence-electron chi connectivity index (χ0n) is 36.2. The van der Waals surface area contributed by atoms with Crippen LogP contribution in [-0.2, 0) is 44.7 Å². The number of nitrogens with one attached hydrogen (secondary N) is 2.